The molecule has 0 saturated heterocycles. The molecule has 0 amide bonds. The Labute approximate surface area is 254 Å². The number of aromatic nitrogens is 5. The molecule has 206 valence electrons. The number of hydrogen-bond donors (Lipinski definition) is 0. The number of nitrogens with zero attached hydrogens (tertiary/aromatic N) is 5. The van der Waals surface area contributed by atoms with Crippen molar-refractivity contribution in [3.05, 3.63) is 152 Å². The highest BCUT2D eigenvalue weighted by atomic mass is 14.9. The molecule has 0 aliphatic heterocycles. The Kier molecular flexibility index (Phi) is 6.39. The van der Waals surface area contributed by atoms with Gasteiger partial charge in [-0.25, -0.2) is 24.9 Å². The maximum absolute atomic E-state index is 4.87. The van der Waals surface area contributed by atoms with Crippen molar-refractivity contribution in [1.29, 1.82) is 0 Å². The zero-order valence-corrected chi connectivity index (χ0v) is 23.7. The zero-order chi connectivity index (χ0) is 29.3. The summed E-state index contributed by atoms with van der Waals surface area (Å²) in [7, 11) is 0. The van der Waals surface area contributed by atoms with Gasteiger partial charge >= 0.3 is 0 Å². The molecule has 8 aromatic rings. The molecule has 0 aliphatic rings. The maximum atomic E-state index is 4.87. The minimum atomic E-state index is 0.551. The third kappa shape index (κ3) is 4.57. The Bertz CT molecular complexity index is 2200. The average molecular weight is 564 g/mol. The van der Waals surface area contributed by atoms with Gasteiger partial charge in [0.1, 0.15) is 11.4 Å². The fraction of sp³-hybridized carbons (Fsp3) is 0. The van der Waals surface area contributed by atoms with Crippen molar-refractivity contribution < 1.29 is 0 Å². The van der Waals surface area contributed by atoms with Crippen LogP contribution in [0.25, 0.3) is 78.0 Å². The van der Waals surface area contributed by atoms with E-state index in [4.69, 9.17) is 4.98 Å². The number of pyridine rings is 1. The summed E-state index contributed by atoms with van der Waals surface area (Å²) in [6, 6.07) is 44.5. The molecule has 0 bridgehead atoms. The molecular formula is C39H25N5. The van der Waals surface area contributed by atoms with E-state index in [1.54, 1.807) is 36.9 Å². The van der Waals surface area contributed by atoms with Crippen LogP contribution < -0.4 is 0 Å². The lowest BCUT2D eigenvalue weighted by molar-refractivity contribution is 1.11. The lowest BCUT2D eigenvalue weighted by Crippen LogP contribution is -1.97. The van der Waals surface area contributed by atoms with Crippen molar-refractivity contribution in [2.75, 3.05) is 0 Å². The molecule has 8 rings (SSSR count). The Morgan fingerprint density at radius 2 is 0.773 bits per heavy atom. The van der Waals surface area contributed by atoms with Gasteiger partial charge in [-0.05, 0) is 85.3 Å². The number of hydrogen-bond acceptors (Lipinski definition) is 5. The molecule has 3 heterocycles. The number of benzene rings is 5. The molecule has 0 saturated carbocycles. The van der Waals surface area contributed by atoms with Crippen LogP contribution in [0.3, 0.4) is 0 Å². The van der Waals surface area contributed by atoms with Gasteiger partial charge in [0.15, 0.2) is 11.6 Å². The van der Waals surface area contributed by atoms with E-state index in [0.29, 0.717) is 23.0 Å². The van der Waals surface area contributed by atoms with Crippen molar-refractivity contribution in [1.82, 2.24) is 24.9 Å². The van der Waals surface area contributed by atoms with Crippen molar-refractivity contribution in [3.63, 3.8) is 0 Å². The lowest BCUT2D eigenvalue weighted by Gasteiger charge is -2.19. The van der Waals surface area contributed by atoms with Crippen molar-refractivity contribution >= 4 is 21.5 Å². The second-order valence-corrected chi connectivity index (χ2v) is 10.6. The van der Waals surface area contributed by atoms with E-state index in [1.807, 2.05) is 12.1 Å². The van der Waals surface area contributed by atoms with Gasteiger partial charge in [0.25, 0.3) is 0 Å². The van der Waals surface area contributed by atoms with Gasteiger partial charge in [-0.15, -0.1) is 0 Å². The summed E-state index contributed by atoms with van der Waals surface area (Å²) < 4.78 is 0. The molecule has 44 heavy (non-hydrogen) atoms. The van der Waals surface area contributed by atoms with Crippen LogP contribution in [0, 0.1) is 0 Å². The molecule has 0 spiro atoms. The molecule has 0 N–H and O–H groups in total. The van der Waals surface area contributed by atoms with Gasteiger partial charge < -0.3 is 0 Å². The van der Waals surface area contributed by atoms with Gasteiger partial charge in [-0.3, -0.25) is 0 Å². The minimum Gasteiger partial charge on any atom is -0.241 e. The largest absolute Gasteiger partial charge is 0.241 e. The van der Waals surface area contributed by atoms with Gasteiger partial charge in [-0.2, -0.15) is 0 Å². The van der Waals surface area contributed by atoms with E-state index in [9.17, 15) is 0 Å². The molecule has 0 atom stereocenters. The summed E-state index contributed by atoms with van der Waals surface area (Å²) in [6.07, 6.45) is 6.92. The second-order valence-electron chi connectivity index (χ2n) is 10.6. The van der Waals surface area contributed by atoms with Crippen LogP contribution in [0.5, 0.6) is 0 Å². The Hall–Kier alpha value is -6.07. The quantitative estimate of drug-likeness (QED) is 0.195. The van der Waals surface area contributed by atoms with E-state index >= 15 is 0 Å². The molecule has 0 radical (unpaired) electrons. The van der Waals surface area contributed by atoms with Crippen molar-refractivity contribution in [2.45, 2.75) is 0 Å². The minimum absolute atomic E-state index is 0.551. The highest BCUT2D eigenvalue weighted by molar-refractivity contribution is 6.21. The highest BCUT2D eigenvalue weighted by Crippen LogP contribution is 2.45. The van der Waals surface area contributed by atoms with E-state index < -0.39 is 0 Å². The zero-order valence-electron chi connectivity index (χ0n) is 23.7. The van der Waals surface area contributed by atoms with Gasteiger partial charge in [0.2, 0.25) is 0 Å². The van der Waals surface area contributed by atoms with Gasteiger partial charge in [0.05, 0.1) is 0 Å². The lowest BCUT2D eigenvalue weighted by atomic mass is 9.85. The Morgan fingerprint density at radius 1 is 0.318 bits per heavy atom. The monoisotopic (exact) mass is 563 g/mol. The predicted octanol–water partition coefficient (Wildman–Crippen LogP) is 9.30. The predicted molar refractivity (Wildman–Crippen MR) is 178 cm³/mol. The molecule has 0 unspecified atom stereocenters. The molecule has 5 heteroatoms. The van der Waals surface area contributed by atoms with Crippen LogP contribution >= 0.6 is 0 Å². The maximum Gasteiger partial charge on any atom is 0.178 e. The SMILES string of the molecule is c1ccc(-c2c3ccccc3c(-c3ccccc3)c3cc(-c4cc(-c5ncccn5)nc(-c5ncccn5)c4)ccc23)cc1. The topological polar surface area (TPSA) is 64.5 Å². The summed E-state index contributed by atoms with van der Waals surface area (Å²) >= 11 is 0. The average Bonchev–Trinajstić information content (AvgIpc) is 3.11. The normalized spacial score (nSPS) is 11.2. The standard InChI is InChI=1S/C39H25N5/c1-3-11-26(12-4-1)36-30-15-7-8-16-31(30)37(27-13-5-2-6-14-27)33-23-28(17-18-32(33)36)29-24-34(38-40-19-9-20-41-38)44-35(25-29)39-42-21-10-22-43-39/h1-25H. The van der Waals surface area contributed by atoms with Gasteiger partial charge in [-0.1, -0.05) is 97.1 Å². The van der Waals surface area contributed by atoms with Gasteiger partial charge in [0, 0.05) is 24.8 Å². The second kappa shape index (κ2) is 11.0. The number of fused-ring (bicyclic) bond motifs is 2. The Morgan fingerprint density at radius 3 is 1.30 bits per heavy atom. The van der Waals surface area contributed by atoms with Crippen LogP contribution in [0.4, 0.5) is 0 Å². The summed E-state index contributed by atoms with van der Waals surface area (Å²) in [4.78, 5) is 22.8. The van der Waals surface area contributed by atoms with Crippen LogP contribution in [0.2, 0.25) is 0 Å². The third-order valence-corrected chi connectivity index (χ3v) is 7.90. The van der Waals surface area contributed by atoms with E-state index in [-0.39, 0.29) is 0 Å². The van der Waals surface area contributed by atoms with E-state index in [0.717, 1.165) is 11.1 Å². The number of rotatable bonds is 5. The highest BCUT2D eigenvalue weighted by Gasteiger charge is 2.18. The van der Waals surface area contributed by atoms with E-state index in [1.165, 1.54) is 43.8 Å². The first-order chi connectivity index (χ1) is 21.8. The molecule has 3 aromatic heterocycles. The molecule has 5 aromatic carbocycles. The first-order valence-electron chi connectivity index (χ1n) is 14.5. The summed E-state index contributed by atoms with van der Waals surface area (Å²) in [5.74, 6) is 1.10. The smallest absolute Gasteiger partial charge is 0.178 e. The third-order valence-electron chi connectivity index (χ3n) is 7.90. The summed E-state index contributed by atoms with van der Waals surface area (Å²) in [5, 5.41) is 4.82. The van der Waals surface area contributed by atoms with E-state index in [2.05, 4.69) is 123 Å². The van der Waals surface area contributed by atoms with Crippen LogP contribution in [0.15, 0.2) is 152 Å². The summed E-state index contributed by atoms with van der Waals surface area (Å²) in [6.45, 7) is 0. The molecular weight excluding hydrogens is 538 g/mol. The van der Waals surface area contributed by atoms with Crippen LogP contribution in [-0.2, 0) is 0 Å². The Balaban J connectivity index is 1.44. The molecule has 5 nitrogen and oxygen atoms in total. The fourth-order valence-electron chi connectivity index (χ4n) is 5.98. The van der Waals surface area contributed by atoms with Crippen LogP contribution in [-0.4, -0.2) is 24.9 Å². The summed E-state index contributed by atoms with van der Waals surface area (Å²) in [5.41, 5.74) is 8.18. The molecule has 0 aliphatic carbocycles. The first kappa shape index (κ1) is 25.6. The van der Waals surface area contributed by atoms with Crippen molar-refractivity contribution in [2.24, 2.45) is 0 Å². The van der Waals surface area contributed by atoms with Crippen LogP contribution in [0.1, 0.15) is 0 Å². The van der Waals surface area contributed by atoms with Crippen molar-refractivity contribution in [3.8, 4) is 56.4 Å². The first-order valence-corrected chi connectivity index (χ1v) is 14.5. The fourth-order valence-corrected chi connectivity index (χ4v) is 5.98. The molecule has 0 fully saturated rings.